The maximum atomic E-state index is 14.6. The molecule has 4 rings (SSSR count). The molecule has 3 aromatic rings. The number of benzene rings is 3. The van der Waals surface area contributed by atoms with E-state index in [1.54, 1.807) is 18.2 Å². The average molecular weight is 505 g/mol. The highest BCUT2D eigenvalue weighted by Crippen LogP contribution is 2.48. The van der Waals surface area contributed by atoms with Gasteiger partial charge in [-0.05, 0) is 37.5 Å². The highest BCUT2D eigenvalue weighted by Gasteiger charge is 2.63. The van der Waals surface area contributed by atoms with E-state index in [-0.39, 0.29) is 16.9 Å². The summed E-state index contributed by atoms with van der Waals surface area (Å²) in [6, 6.07) is 22.7. The van der Waals surface area contributed by atoms with Gasteiger partial charge in [0.15, 0.2) is 9.84 Å². The summed E-state index contributed by atoms with van der Waals surface area (Å²) in [7, 11) is -3.89. The molecule has 0 N–H and O–H groups in total. The van der Waals surface area contributed by atoms with Crippen molar-refractivity contribution < 1.29 is 31.1 Å². The largest absolute Gasteiger partial charge is 0.448 e. The third-order valence-corrected chi connectivity index (χ3v) is 7.90. The fourth-order valence-corrected chi connectivity index (χ4v) is 5.75. The van der Waals surface area contributed by atoms with Crippen LogP contribution in [0.4, 0.5) is 13.2 Å². The van der Waals surface area contributed by atoms with Crippen LogP contribution in [0.2, 0.25) is 0 Å². The fraction of sp³-hybridized carbons (Fsp3) is 0.333. The third-order valence-electron chi connectivity index (χ3n) is 6.10. The second kappa shape index (κ2) is 10.1. The Hall–Kier alpha value is -2.68. The second-order valence-electron chi connectivity index (χ2n) is 8.81. The van der Waals surface area contributed by atoms with Gasteiger partial charge in [0, 0.05) is 12.0 Å². The van der Waals surface area contributed by atoms with Gasteiger partial charge in [0.25, 0.3) is 5.79 Å². The number of alkyl halides is 3. The Morgan fingerprint density at radius 3 is 2.03 bits per heavy atom. The van der Waals surface area contributed by atoms with Crippen LogP contribution < -0.4 is 0 Å². The van der Waals surface area contributed by atoms with Crippen molar-refractivity contribution >= 4 is 9.84 Å². The molecule has 2 unspecified atom stereocenters. The Labute approximate surface area is 203 Å². The van der Waals surface area contributed by atoms with E-state index in [1.165, 1.54) is 36.4 Å². The standard InChI is InChI=1S/C27H27F3O4S/c1-20-12-16-25(17-13-20)35(31,32)19-24-18-23(15-14-21-8-4-2-5-9-21)33-26(34-24,27(28,29)30)22-10-6-3-7-11-22/h2-13,16-17,23-24H,14-15,18-19H2,1H3/t23?,24?,26-/m1/s1. The van der Waals surface area contributed by atoms with Crippen LogP contribution >= 0.6 is 0 Å². The van der Waals surface area contributed by atoms with Crippen LogP contribution in [-0.2, 0) is 31.5 Å². The van der Waals surface area contributed by atoms with E-state index in [0.29, 0.717) is 12.8 Å². The molecule has 0 radical (unpaired) electrons. The summed E-state index contributed by atoms with van der Waals surface area (Å²) in [6.07, 6.45) is -6.18. The van der Waals surface area contributed by atoms with Gasteiger partial charge in [-0.15, -0.1) is 0 Å². The molecule has 35 heavy (non-hydrogen) atoms. The molecule has 0 aromatic heterocycles. The molecule has 3 aromatic carbocycles. The molecule has 1 aliphatic rings. The SMILES string of the molecule is Cc1ccc(S(=O)(=O)CC2CC(CCc3ccccc3)O[C@@](c3ccccc3)(C(F)(F)F)O2)cc1. The average Bonchev–Trinajstić information content (AvgIpc) is 2.83. The van der Waals surface area contributed by atoms with E-state index in [1.807, 2.05) is 37.3 Å². The van der Waals surface area contributed by atoms with Gasteiger partial charge in [-0.25, -0.2) is 8.42 Å². The van der Waals surface area contributed by atoms with E-state index in [9.17, 15) is 21.6 Å². The smallest absolute Gasteiger partial charge is 0.335 e. The monoisotopic (exact) mass is 504 g/mol. The van der Waals surface area contributed by atoms with Crippen molar-refractivity contribution in [3.05, 3.63) is 102 Å². The molecule has 0 saturated carbocycles. The van der Waals surface area contributed by atoms with Crippen LogP contribution in [0.25, 0.3) is 0 Å². The first-order valence-corrected chi connectivity index (χ1v) is 13.1. The van der Waals surface area contributed by atoms with E-state index in [4.69, 9.17) is 9.47 Å². The number of hydrogen-bond acceptors (Lipinski definition) is 4. The number of rotatable bonds is 7. The van der Waals surface area contributed by atoms with Gasteiger partial charge in [0.05, 0.1) is 22.9 Å². The summed E-state index contributed by atoms with van der Waals surface area (Å²) in [5, 5.41) is 0. The summed E-state index contributed by atoms with van der Waals surface area (Å²) in [5.41, 5.74) is 1.63. The highest BCUT2D eigenvalue weighted by molar-refractivity contribution is 7.91. The maximum Gasteiger partial charge on any atom is 0.448 e. The number of aryl methyl sites for hydroxylation is 2. The van der Waals surface area contributed by atoms with E-state index >= 15 is 0 Å². The van der Waals surface area contributed by atoms with Crippen molar-refractivity contribution in [2.24, 2.45) is 0 Å². The Morgan fingerprint density at radius 2 is 1.43 bits per heavy atom. The van der Waals surface area contributed by atoms with Gasteiger partial charge in [-0.3, -0.25) is 0 Å². The van der Waals surface area contributed by atoms with Crippen molar-refractivity contribution in [3.63, 3.8) is 0 Å². The molecule has 0 amide bonds. The molecular formula is C27H27F3O4S. The van der Waals surface area contributed by atoms with Crippen LogP contribution in [0.15, 0.2) is 89.8 Å². The molecule has 8 heteroatoms. The van der Waals surface area contributed by atoms with Gasteiger partial charge >= 0.3 is 6.18 Å². The zero-order chi connectivity index (χ0) is 25.1. The van der Waals surface area contributed by atoms with Crippen LogP contribution in [0, 0.1) is 6.92 Å². The highest BCUT2D eigenvalue weighted by atomic mass is 32.2. The van der Waals surface area contributed by atoms with Crippen molar-refractivity contribution in [1.29, 1.82) is 0 Å². The minimum Gasteiger partial charge on any atom is -0.335 e. The lowest BCUT2D eigenvalue weighted by atomic mass is 9.97. The molecule has 186 valence electrons. The van der Waals surface area contributed by atoms with Gasteiger partial charge < -0.3 is 9.47 Å². The summed E-state index contributed by atoms with van der Waals surface area (Å²) in [6.45, 7) is 1.83. The molecule has 0 bridgehead atoms. The van der Waals surface area contributed by atoms with E-state index in [0.717, 1.165) is 11.1 Å². The van der Waals surface area contributed by atoms with E-state index < -0.39 is 39.8 Å². The summed E-state index contributed by atoms with van der Waals surface area (Å²) in [4.78, 5) is 0.0522. The first kappa shape index (κ1) is 25.4. The van der Waals surface area contributed by atoms with Crippen molar-refractivity contribution in [3.8, 4) is 0 Å². The molecule has 1 heterocycles. The fourth-order valence-electron chi connectivity index (χ4n) is 4.32. The predicted molar refractivity (Wildman–Crippen MR) is 127 cm³/mol. The lowest BCUT2D eigenvalue weighted by molar-refractivity contribution is -0.432. The molecule has 3 atom stereocenters. The number of sulfone groups is 1. The molecule has 1 aliphatic heterocycles. The first-order valence-electron chi connectivity index (χ1n) is 11.4. The molecular weight excluding hydrogens is 477 g/mol. The quantitative estimate of drug-likeness (QED) is 0.397. The Balaban J connectivity index is 1.66. The number of hydrogen-bond donors (Lipinski definition) is 0. The van der Waals surface area contributed by atoms with Crippen molar-refractivity contribution in [2.75, 3.05) is 5.75 Å². The molecule has 0 spiro atoms. The summed E-state index contributed by atoms with van der Waals surface area (Å²) in [5.74, 6) is -3.63. The number of ether oxygens (including phenoxy) is 2. The van der Waals surface area contributed by atoms with Gasteiger partial charge in [0.1, 0.15) is 0 Å². The molecule has 4 nitrogen and oxygen atoms in total. The number of halogens is 3. The van der Waals surface area contributed by atoms with Crippen LogP contribution in [0.5, 0.6) is 0 Å². The van der Waals surface area contributed by atoms with Crippen molar-refractivity contribution in [1.82, 2.24) is 0 Å². The zero-order valence-corrected chi connectivity index (χ0v) is 20.1. The second-order valence-corrected chi connectivity index (χ2v) is 10.8. The maximum absolute atomic E-state index is 14.6. The summed E-state index contributed by atoms with van der Waals surface area (Å²) >= 11 is 0. The topological polar surface area (TPSA) is 52.6 Å². The lowest BCUT2D eigenvalue weighted by Crippen LogP contribution is -2.56. The lowest BCUT2D eigenvalue weighted by Gasteiger charge is -2.45. The third kappa shape index (κ3) is 5.77. The Morgan fingerprint density at radius 1 is 0.857 bits per heavy atom. The Kier molecular flexibility index (Phi) is 7.35. The minimum absolute atomic E-state index is 0.0303. The zero-order valence-electron chi connectivity index (χ0n) is 19.2. The van der Waals surface area contributed by atoms with Crippen LogP contribution in [-0.4, -0.2) is 32.6 Å². The minimum atomic E-state index is -4.92. The van der Waals surface area contributed by atoms with Crippen molar-refractivity contribution in [2.45, 2.75) is 55.3 Å². The predicted octanol–water partition coefficient (Wildman–Crippen LogP) is 5.99. The first-order chi connectivity index (χ1) is 16.6. The summed E-state index contributed by atoms with van der Waals surface area (Å²) < 4.78 is 81.2. The Bertz CT molecular complexity index is 1210. The van der Waals surface area contributed by atoms with Gasteiger partial charge in [-0.2, -0.15) is 13.2 Å². The molecule has 1 saturated heterocycles. The van der Waals surface area contributed by atoms with Crippen LogP contribution in [0.1, 0.15) is 29.5 Å². The van der Waals surface area contributed by atoms with Crippen LogP contribution in [0.3, 0.4) is 0 Å². The molecule has 0 aliphatic carbocycles. The van der Waals surface area contributed by atoms with Gasteiger partial charge in [-0.1, -0.05) is 78.4 Å². The normalized spacial score (nSPS) is 23.2. The van der Waals surface area contributed by atoms with E-state index in [2.05, 4.69) is 0 Å². The molecule has 1 fully saturated rings. The van der Waals surface area contributed by atoms with Gasteiger partial charge in [0.2, 0.25) is 0 Å².